The van der Waals surface area contributed by atoms with Crippen LogP contribution in [0.3, 0.4) is 0 Å². The highest BCUT2D eigenvalue weighted by Crippen LogP contribution is 2.73. The summed E-state index contributed by atoms with van der Waals surface area (Å²) in [7, 11) is 0. The van der Waals surface area contributed by atoms with Crippen molar-refractivity contribution in [1.82, 2.24) is 10.6 Å². The average molecular weight is 584 g/mol. The lowest BCUT2D eigenvalue weighted by atomic mass is 9.31. The molecule has 9 nitrogen and oxygen atoms in total. The summed E-state index contributed by atoms with van der Waals surface area (Å²) in [4.78, 5) is 37.8. The molecule has 0 saturated heterocycles. The fourth-order valence-corrected chi connectivity index (χ4v) is 6.44. The van der Waals surface area contributed by atoms with Crippen molar-refractivity contribution in [3.05, 3.63) is 58.1 Å². The van der Waals surface area contributed by atoms with E-state index in [1.165, 1.54) is 24.3 Å². The predicted octanol–water partition coefficient (Wildman–Crippen LogP) is 2.90. The number of amides is 2. The molecule has 4 atom stereocenters. The maximum Gasteiger partial charge on any atom is 0.320 e. The summed E-state index contributed by atoms with van der Waals surface area (Å²) in [6.07, 6.45) is 1.67. The fourth-order valence-electron chi connectivity index (χ4n) is 6.21. The van der Waals surface area contributed by atoms with Gasteiger partial charge in [-0.25, -0.2) is 8.78 Å². The van der Waals surface area contributed by atoms with Gasteiger partial charge in [0.15, 0.2) is 13.2 Å². The molecular formula is C26H25Cl2F2N3O6. The first-order valence-corrected chi connectivity index (χ1v) is 13.0. The number of esters is 1. The van der Waals surface area contributed by atoms with Crippen molar-refractivity contribution in [3.63, 3.8) is 0 Å². The van der Waals surface area contributed by atoms with Gasteiger partial charge in [-0.1, -0.05) is 23.2 Å². The number of fused-ring (bicyclic) bond motifs is 1. The van der Waals surface area contributed by atoms with Crippen molar-refractivity contribution in [2.24, 2.45) is 11.7 Å². The molecule has 13 heteroatoms. The van der Waals surface area contributed by atoms with Crippen LogP contribution in [0.15, 0.2) is 36.4 Å². The van der Waals surface area contributed by atoms with Gasteiger partial charge in [0, 0.05) is 24.5 Å². The van der Waals surface area contributed by atoms with Gasteiger partial charge in [0.05, 0.1) is 27.7 Å². The minimum absolute atomic E-state index is 0.0586. The van der Waals surface area contributed by atoms with Gasteiger partial charge in [0.2, 0.25) is 0 Å². The molecule has 0 aromatic heterocycles. The van der Waals surface area contributed by atoms with Gasteiger partial charge in [0.25, 0.3) is 11.8 Å². The Balaban J connectivity index is 1.22. The first kappa shape index (κ1) is 27.4. The van der Waals surface area contributed by atoms with Crippen molar-refractivity contribution >= 4 is 41.0 Å². The Morgan fingerprint density at radius 3 is 1.97 bits per heavy atom. The van der Waals surface area contributed by atoms with Gasteiger partial charge in [-0.2, -0.15) is 0 Å². The second-order valence-electron chi connectivity index (χ2n) is 10.1. The third-order valence-electron chi connectivity index (χ3n) is 7.92. The third kappa shape index (κ3) is 4.76. The smallest absolute Gasteiger partial charge is 0.320 e. The highest BCUT2D eigenvalue weighted by Gasteiger charge is 2.85. The molecule has 4 aliphatic rings. The Hall–Kier alpha value is -3.15. The summed E-state index contributed by atoms with van der Waals surface area (Å²) in [5, 5.41) is 5.83. The first-order chi connectivity index (χ1) is 18.5. The molecule has 2 amide bonds. The molecule has 0 spiro atoms. The van der Waals surface area contributed by atoms with Crippen LogP contribution in [0, 0.1) is 17.6 Å². The maximum absolute atomic E-state index is 13.7. The number of carbonyl (C=O) groups is 3. The number of rotatable bonds is 10. The van der Waals surface area contributed by atoms with E-state index in [9.17, 15) is 23.2 Å². The molecule has 4 saturated carbocycles. The van der Waals surface area contributed by atoms with Crippen molar-refractivity contribution in [2.75, 3.05) is 19.8 Å². The predicted molar refractivity (Wildman–Crippen MR) is 135 cm³/mol. The zero-order valence-corrected chi connectivity index (χ0v) is 22.0. The van der Waals surface area contributed by atoms with Gasteiger partial charge in [-0.3, -0.25) is 14.4 Å². The second kappa shape index (κ2) is 10.1. The Morgan fingerprint density at radius 2 is 1.49 bits per heavy atom. The lowest BCUT2D eigenvalue weighted by molar-refractivity contribution is -0.324. The van der Waals surface area contributed by atoms with Crippen LogP contribution in [-0.2, 0) is 19.1 Å². The standard InChI is InChI=1S/C26H25Cl2F2N3O6/c27-16-3-1-14(7-18(16)29)37-11-21(34)32-24-5-6-25(9-20(24)26(25,13-24)39-23(36)10-31)33-22(35)12-38-15-2-4-17(28)19(30)8-15/h1-4,7-8,20H,5-6,9-13,31H2,(H,32,34)(H,33,35)/t20?,24?,25?,26-/m1/s1. The number of nitrogens with two attached hydrogens (primary N) is 1. The minimum atomic E-state index is -1.03. The summed E-state index contributed by atoms with van der Waals surface area (Å²) in [6, 6.07) is 7.71. The highest BCUT2D eigenvalue weighted by molar-refractivity contribution is 6.31. The van der Waals surface area contributed by atoms with E-state index < -0.39 is 46.1 Å². The average Bonchev–Trinajstić information content (AvgIpc) is 2.90. The number of ether oxygens (including phenoxy) is 3. The zero-order valence-electron chi connectivity index (χ0n) is 20.5. The van der Waals surface area contributed by atoms with E-state index in [0.717, 1.165) is 12.1 Å². The summed E-state index contributed by atoms with van der Waals surface area (Å²) < 4.78 is 43.9. The van der Waals surface area contributed by atoms with Crippen LogP contribution in [0.5, 0.6) is 11.5 Å². The number of carbonyl (C=O) groups excluding carboxylic acids is 3. The van der Waals surface area contributed by atoms with E-state index in [0.29, 0.717) is 19.3 Å². The molecular weight excluding hydrogens is 559 g/mol. The van der Waals surface area contributed by atoms with Crippen molar-refractivity contribution in [1.29, 1.82) is 0 Å². The fraction of sp³-hybridized carbons (Fsp3) is 0.423. The van der Waals surface area contributed by atoms with Crippen LogP contribution in [0.2, 0.25) is 10.0 Å². The summed E-state index contributed by atoms with van der Waals surface area (Å²) >= 11 is 11.3. The van der Waals surface area contributed by atoms with Gasteiger partial charge < -0.3 is 30.6 Å². The van der Waals surface area contributed by atoms with E-state index >= 15 is 0 Å². The molecule has 0 aliphatic heterocycles. The topological polar surface area (TPSA) is 129 Å². The van der Waals surface area contributed by atoms with Gasteiger partial charge in [-0.15, -0.1) is 0 Å². The number of hydrogen-bond acceptors (Lipinski definition) is 7. The maximum atomic E-state index is 13.7. The Labute approximate surface area is 232 Å². The number of nitrogens with one attached hydrogen (secondary N) is 2. The van der Waals surface area contributed by atoms with Gasteiger partial charge in [0.1, 0.15) is 28.7 Å². The lowest BCUT2D eigenvalue weighted by Crippen LogP contribution is -2.95. The summed E-state index contributed by atoms with van der Waals surface area (Å²) in [5.74, 6) is -2.81. The highest BCUT2D eigenvalue weighted by atomic mass is 35.5. The molecule has 4 fully saturated rings. The molecule has 208 valence electrons. The van der Waals surface area contributed by atoms with Gasteiger partial charge in [-0.05, 0) is 43.5 Å². The molecule has 0 heterocycles. The Bertz CT molecular complexity index is 1340. The van der Waals surface area contributed by atoms with Crippen LogP contribution < -0.4 is 25.8 Å². The van der Waals surface area contributed by atoms with E-state index in [1.807, 2.05) is 0 Å². The SMILES string of the molecule is NCC(=O)O[C@@]12CC3(NC(=O)COc4ccc(Cl)c(F)c4)CCC1(NC(=O)COc1ccc(Cl)c(F)c1)CC32. The van der Waals surface area contributed by atoms with Crippen molar-refractivity contribution in [3.8, 4) is 11.5 Å². The molecule has 4 bridgehead atoms. The molecule has 4 aliphatic carbocycles. The van der Waals surface area contributed by atoms with Gasteiger partial charge >= 0.3 is 5.97 Å². The molecule has 3 unspecified atom stereocenters. The molecule has 39 heavy (non-hydrogen) atoms. The minimum Gasteiger partial charge on any atom is -0.484 e. The van der Waals surface area contributed by atoms with Crippen LogP contribution in [0.25, 0.3) is 0 Å². The zero-order chi connectivity index (χ0) is 28.0. The van der Waals surface area contributed by atoms with E-state index in [4.69, 9.17) is 43.1 Å². The summed E-state index contributed by atoms with van der Waals surface area (Å²) in [5.41, 5.74) is 2.96. The van der Waals surface area contributed by atoms with Crippen LogP contribution in [0.1, 0.15) is 25.7 Å². The monoisotopic (exact) mass is 583 g/mol. The first-order valence-electron chi connectivity index (χ1n) is 12.2. The Kier molecular flexibility index (Phi) is 7.11. The van der Waals surface area contributed by atoms with Crippen molar-refractivity contribution < 1.29 is 37.4 Å². The normalized spacial score (nSPS) is 27.9. The van der Waals surface area contributed by atoms with E-state index in [2.05, 4.69) is 10.6 Å². The molecule has 2 aromatic carbocycles. The summed E-state index contributed by atoms with van der Waals surface area (Å²) in [6.45, 7) is -1.08. The van der Waals surface area contributed by atoms with Crippen LogP contribution in [-0.4, -0.2) is 54.2 Å². The van der Waals surface area contributed by atoms with E-state index in [-0.39, 0.29) is 53.6 Å². The Morgan fingerprint density at radius 1 is 0.923 bits per heavy atom. The van der Waals surface area contributed by atoms with Crippen LogP contribution in [0.4, 0.5) is 8.78 Å². The van der Waals surface area contributed by atoms with Crippen LogP contribution >= 0.6 is 23.2 Å². The quantitative estimate of drug-likeness (QED) is 0.367. The molecule has 4 N–H and O–H groups in total. The third-order valence-corrected chi connectivity index (χ3v) is 8.53. The lowest BCUT2D eigenvalue weighted by Gasteiger charge is -2.80. The number of hydrogen-bond donors (Lipinski definition) is 3. The number of benzene rings is 2. The molecule has 6 rings (SSSR count). The van der Waals surface area contributed by atoms with E-state index in [1.54, 1.807) is 0 Å². The van der Waals surface area contributed by atoms with Crippen molar-refractivity contribution in [2.45, 2.75) is 42.4 Å². The largest absolute Gasteiger partial charge is 0.484 e. The number of halogens is 4. The molecule has 0 radical (unpaired) electrons. The second-order valence-corrected chi connectivity index (χ2v) is 10.9. The molecule has 2 aromatic rings.